The van der Waals surface area contributed by atoms with Gasteiger partial charge in [-0.2, -0.15) is 0 Å². The lowest BCUT2D eigenvalue weighted by atomic mass is 10.0. The number of nitrogens with one attached hydrogen (secondary N) is 1. The molecule has 0 bridgehead atoms. The second-order valence-electron chi connectivity index (χ2n) is 7.04. The molecule has 0 fully saturated rings. The Morgan fingerprint density at radius 1 is 0.867 bits per heavy atom. The molecular formula is C25H25NO4. The molecule has 0 aliphatic rings. The maximum Gasteiger partial charge on any atom is 0.344 e. The number of hydrogen-bond donors (Lipinski definition) is 1. The topological polar surface area (TPSA) is 64.6 Å². The van der Waals surface area contributed by atoms with Gasteiger partial charge in [-0.25, -0.2) is 4.79 Å². The van der Waals surface area contributed by atoms with Gasteiger partial charge in [0.15, 0.2) is 12.7 Å². The van der Waals surface area contributed by atoms with Gasteiger partial charge in [-0.3, -0.25) is 4.79 Å². The fraction of sp³-hybridized carbons (Fsp3) is 0.200. The minimum Gasteiger partial charge on any atom is -0.481 e. The lowest BCUT2D eigenvalue weighted by molar-refractivity contribution is -0.155. The molecular weight excluding hydrogens is 378 g/mol. The Labute approximate surface area is 176 Å². The number of carbonyl (C=O) groups is 2. The first-order valence-electron chi connectivity index (χ1n) is 9.79. The van der Waals surface area contributed by atoms with Crippen molar-refractivity contribution < 1.29 is 19.1 Å². The minimum atomic E-state index is -0.956. The highest BCUT2D eigenvalue weighted by atomic mass is 16.6. The molecule has 154 valence electrons. The van der Waals surface area contributed by atoms with Crippen molar-refractivity contribution in [2.24, 2.45) is 0 Å². The largest absolute Gasteiger partial charge is 0.481 e. The normalized spacial score (nSPS) is 11.4. The molecule has 30 heavy (non-hydrogen) atoms. The highest BCUT2D eigenvalue weighted by molar-refractivity contribution is 5.98. The van der Waals surface area contributed by atoms with Gasteiger partial charge in [0.1, 0.15) is 5.75 Å². The fourth-order valence-electron chi connectivity index (χ4n) is 3.14. The maximum atomic E-state index is 12.6. The van der Waals surface area contributed by atoms with Crippen LogP contribution in [0.4, 0.5) is 5.69 Å². The Balaban J connectivity index is 1.60. The van der Waals surface area contributed by atoms with Crippen LogP contribution < -0.4 is 10.1 Å². The number of ether oxygens (including phenoxy) is 2. The van der Waals surface area contributed by atoms with Crippen molar-refractivity contribution in [1.82, 2.24) is 0 Å². The maximum absolute atomic E-state index is 12.6. The zero-order chi connectivity index (χ0) is 21.5. The van der Waals surface area contributed by atoms with E-state index >= 15 is 0 Å². The van der Waals surface area contributed by atoms with Gasteiger partial charge in [-0.15, -0.1) is 0 Å². The van der Waals surface area contributed by atoms with Crippen LogP contribution in [0.15, 0.2) is 72.8 Å². The van der Waals surface area contributed by atoms with Crippen molar-refractivity contribution >= 4 is 17.6 Å². The van der Waals surface area contributed by atoms with Crippen LogP contribution in [-0.2, 0) is 14.3 Å². The van der Waals surface area contributed by atoms with Crippen molar-refractivity contribution in [2.45, 2.75) is 26.9 Å². The summed E-state index contributed by atoms with van der Waals surface area (Å²) in [6, 6.07) is 23.0. The number of anilines is 1. The summed E-state index contributed by atoms with van der Waals surface area (Å²) in [4.78, 5) is 24.8. The SMILES string of the molecule is Cc1cccc(C)c1OCC(=O)OC(C)C(=O)Nc1ccccc1-c1ccccc1. The van der Waals surface area contributed by atoms with Crippen LogP contribution in [0, 0.1) is 13.8 Å². The van der Waals surface area contributed by atoms with Gasteiger partial charge >= 0.3 is 5.97 Å². The Morgan fingerprint density at radius 2 is 1.50 bits per heavy atom. The van der Waals surface area contributed by atoms with Crippen molar-refractivity contribution in [3.8, 4) is 16.9 Å². The summed E-state index contributed by atoms with van der Waals surface area (Å²) in [6.07, 6.45) is -0.956. The Kier molecular flexibility index (Phi) is 6.86. The molecule has 0 saturated heterocycles. The molecule has 0 heterocycles. The van der Waals surface area contributed by atoms with Crippen LogP contribution >= 0.6 is 0 Å². The van der Waals surface area contributed by atoms with Crippen LogP contribution in [0.5, 0.6) is 5.75 Å². The van der Waals surface area contributed by atoms with E-state index in [1.54, 1.807) is 0 Å². The fourth-order valence-corrected chi connectivity index (χ4v) is 3.14. The molecule has 0 saturated carbocycles. The van der Waals surface area contributed by atoms with Crippen LogP contribution in [-0.4, -0.2) is 24.6 Å². The predicted octanol–water partition coefficient (Wildman–Crippen LogP) is 4.92. The predicted molar refractivity (Wildman–Crippen MR) is 117 cm³/mol. The van der Waals surface area contributed by atoms with E-state index in [-0.39, 0.29) is 6.61 Å². The summed E-state index contributed by atoms with van der Waals surface area (Å²) >= 11 is 0. The number of carbonyl (C=O) groups excluding carboxylic acids is 2. The van der Waals surface area contributed by atoms with Crippen LogP contribution in [0.2, 0.25) is 0 Å². The van der Waals surface area contributed by atoms with Crippen LogP contribution in [0.25, 0.3) is 11.1 Å². The third-order valence-corrected chi connectivity index (χ3v) is 4.69. The van der Waals surface area contributed by atoms with Gasteiger partial charge in [0.25, 0.3) is 5.91 Å². The second kappa shape index (κ2) is 9.74. The van der Waals surface area contributed by atoms with E-state index in [0.717, 1.165) is 22.3 Å². The number of aryl methyl sites for hydroxylation is 2. The molecule has 1 N–H and O–H groups in total. The minimum absolute atomic E-state index is 0.260. The van der Waals surface area contributed by atoms with E-state index < -0.39 is 18.0 Å². The zero-order valence-electron chi connectivity index (χ0n) is 17.3. The summed E-state index contributed by atoms with van der Waals surface area (Å²) in [6.45, 7) is 5.10. The first-order chi connectivity index (χ1) is 14.5. The first kappa shape index (κ1) is 21.1. The lowest BCUT2D eigenvalue weighted by Crippen LogP contribution is -2.31. The van der Waals surface area contributed by atoms with Gasteiger partial charge < -0.3 is 14.8 Å². The molecule has 0 aliphatic heterocycles. The van der Waals surface area contributed by atoms with Gasteiger partial charge in [0, 0.05) is 11.3 Å². The molecule has 5 heteroatoms. The van der Waals surface area contributed by atoms with E-state index in [9.17, 15) is 9.59 Å². The summed E-state index contributed by atoms with van der Waals surface area (Å²) < 4.78 is 10.9. The monoisotopic (exact) mass is 403 g/mol. The zero-order valence-corrected chi connectivity index (χ0v) is 17.3. The van der Waals surface area contributed by atoms with E-state index in [1.165, 1.54) is 6.92 Å². The number of para-hydroxylation sites is 2. The molecule has 0 aromatic heterocycles. The molecule has 3 rings (SSSR count). The van der Waals surface area contributed by atoms with Gasteiger partial charge in [-0.1, -0.05) is 66.7 Å². The Morgan fingerprint density at radius 3 is 2.20 bits per heavy atom. The molecule has 3 aromatic carbocycles. The van der Waals surface area contributed by atoms with E-state index in [1.807, 2.05) is 86.6 Å². The van der Waals surface area contributed by atoms with Crippen LogP contribution in [0.3, 0.4) is 0 Å². The average Bonchev–Trinajstić information content (AvgIpc) is 2.74. The Hall–Kier alpha value is -3.60. The Bertz CT molecular complexity index is 1010. The second-order valence-corrected chi connectivity index (χ2v) is 7.04. The van der Waals surface area contributed by atoms with Gasteiger partial charge in [-0.05, 0) is 43.5 Å². The summed E-state index contributed by atoms with van der Waals surface area (Å²) in [7, 11) is 0. The highest BCUT2D eigenvalue weighted by Gasteiger charge is 2.20. The summed E-state index contributed by atoms with van der Waals surface area (Å²) in [5.41, 5.74) is 4.41. The lowest BCUT2D eigenvalue weighted by Gasteiger charge is -2.16. The quantitative estimate of drug-likeness (QED) is 0.569. The first-order valence-corrected chi connectivity index (χ1v) is 9.79. The summed E-state index contributed by atoms with van der Waals surface area (Å²) in [5, 5.41) is 2.85. The number of benzene rings is 3. The van der Waals surface area contributed by atoms with E-state index in [0.29, 0.717) is 11.4 Å². The molecule has 1 atom stereocenters. The van der Waals surface area contributed by atoms with Crippen molar-refractivity contribution in [1.29, 1.82) is 0 Å². The number of esters is 1. The average molecular weight is 403 g/mol. The van der Waals surface area contributed by atoms with Gasteiger partial charge in [0.2, 0.25) is 0 Å². The highest BCUT2D eigenvalue weighted by Crippen LogP contribution is 2.27. The molecule has 0 radical (unpaired) electrons. The molecule has 5 nitrogen and oxygen atoms in total. The third-order valence-electron chi connectivity index (χ3n) is 4.69. The molecule has 1 unspecified atom stereocenters. The van der Waals surface area contributed by atoms with E-state index in [2.05, 4.69) is 5.32 Å². The molecule has 0 spiro atoms. The standard InChI is InChI=1S/C25H25NO4/c1-17-10-9-11-18(2)24(17)29-16-23(27)30-19(3)25(28)26-22-15-8-7-14-21(22)20-12-5-4-6-13-20/h4-15,19H,16H2,1-3H3,(H,26,28). The molecule has 0 aliphatic carbocycles. The van der Waals surface area contributed by atoms with Crippen molar-refractivity contribution in [3.05, 3.63) is 83.9 Å². The smallest absolute Gasteiger partial charge is 0.344 e. The van der Waals surface area contributed by atoms with Gasteiger partial charge in [0.05, 0.1) is 0 Å². The summed E-state index contributed by atoms with van der Waals surface area (Å²) in [5.74, 6) is -0.348. The number of hydrogen-bond acceptors (Lipinski definition) is 4. The van der Waals surface area contributed by atoms with E-state index in [4.69, 9.17) is 9.47 Å². The van der Waals surface area contributed by atoms with Crippen molar-refractivity contribution in [2.75, 3.05) is 11.9 Å². The van der Waals surface area contributed by atoms with Crippen molar-refractivity contribution in [3.63, 3.8) is 0 Å². The molecule has 1 amide bonds. The number of rotatable bonds is 7. The third kappa shape index (κ3) is 5.26. The number of amides is 1. The van der Waals surface area contributed by atoms with Crippen LogP contribution in [0.1, 0.15) is 18.1 Å². The molecule has 3 aromatic rings.